The van der Waals surface area contributed by atoms with Gasteiger partial charge in [0.1, 0.15) is 0 Å². The van der Waals surface area contributed by atoms with E-state index in [0.717, 1.165) is 0 Å². The van der Waals surface area contributed by atoms with Gasteiger partial charge in [-0.3, -0.25) is 9.59 Å². The van der Waals surface area contributed by atoms with Crippen LogP contribution >= 0.6 is 0 Å². The summed E-state index contributed by atoms with van der Waals surface area (Å²) in [6.07, 6.45) is 3.96. The summed E-state index contributed by atoms with van der Waals surface area (Å²) in [5, 5.41) is 2.78. The minimum absolute atomic E-state index is 0.0410. The highest BCUT2D eigenvalue weighted by Gasteiger charge is 2.22. The van der Waals surface area contributed by atoms with Gasteiger partial charge in [-0.2, -0.15) is 0 Å². The Hall–Kier alpha value is -2.69. The highest BCUT2D eigenvalue weighted by atomic mass is 16.5. The summed E-state index contributed by atoms with van der Waals surface area (Å²) < 4.78 is 5.59. The average molecular weight is 310 g/mol. The molecule has 1 aliphatic rings. The Bertz CT molecular complexity index is 739. The molecular formula is C18H18N2O3. The number of hydrogen-bond donors (Lipinski definition) is 1. The predicted molar refractivity (Wildman–Crippen MR) is 86.9 cm³/mol. The van der Waals surface area contributed by atoms with Crippen LogP contribution in [0.1, 0.15) is 40.5 Å². The highest BCUT2D eigenvalue weighted by Crippen LogP contribution is 2.29. The van der Waals surface area contributed by atoms with E-state index >= 15 is 0 Å². The van der Waals surface area contributed by atoms with Crippen LogP contribution in [-0.2, 0) is 0 Å². The summed E-state index contributed by atoms with van der Waals surface area (Å²) in [5.41, 5.74) is 1.62. The lowest BCUT2D eigenvalue weighted by molar-refractivity contribution is 0.101. The molecule has 1 saturated carbocycles. The molecule has 1 aliphatic carbocycles. The predicted octanol–water partition coefficient (Wildman–Crippen LogP) is 3.33. The van der Waals surface area contributed by atoms with E-state index in [1.54, 1.807) is 42.6 Å². The fourth-order valence-electron chi connectivity index (χ4n) is 2.14. The van der Waals surface area contributed by atoms with Crippen LogP contribution in [-0.4, -0.2) is 23.3 Å². The standard InChI is InChI=1S/C18H18N2O3/c1-12(21)14-3-2-4-16(9-14)20-18(22)15-7-8-19-17(10-15)23-11-13-5-6-13/h2-4,7-10,13H,5-6,11H2,1H3,(H,20,22). The zero-order valence-corrected chi connectivity index (χ0v) is 12.9. The van der Waals surface area contributed by atoms with Gasteiger partial charge in [0.05, 0.1) is 6.61 Å². The maximum absolute atomic E-state index is 12.3. The van der Waals surface area contributed by atoms with Crippen molar-refractivity contribution in [3.63, 3.8) is 0 Å². The van der Waals surface area contributed by atoms with Gasteiger partial charge in [0.15, 0.2) is 5.78 Å². The van der Waals surface area contributed by atoms with Gasteiger partial charge in [-0.25, -0.2) is 4.98 Å². The highest BCUT2D eigenvalue weighted by molar-refractivity contribution is 6.05. The Morgan fingerprint density at radius 2 is 2.04 bits per heavy atom. The third-order valence-corrected chi connectivity index (χ3v) is 3.69. The number of carbonyl (C=O) groups excluding carboxylic acids is 2. The topological polar surface area (TPSA) is 68.3 Å². The molecule has 1 amide bonds. The molecule has 1 fully saturated rings. The lowest BCUT2D eigenvalue weighted by atomic mass is 10.1. The van der Waals surface area contributed by atoms with Crippen LogP contribution in [0.2, 0.25) is 0 Å². The van der Waals surface area contributed by atoms with E-state index in [-0.39, 0.29) is 11.7 Å². The number of nitrogens with zero attached hydrogens (tertiary/aromatic N) is 1. The second-order valence-corrected chi connectivity index (χ2v) is 5.73. The van der Waals surface area contributed by atoms with E-state index in [2.05, 4.69) is 10.3 Å². The fourth-order valence-corrected chi connectivity index (χ4v) is 2.14. The number of aromatic nitrogens is 1. The van der Waals surface area contributed by atoms with Crippen LogP contribution in [0.25, 0.3) is 0 Å². The molecule has 1 aromatic heterocycles. The molecule has 3 rings (SSSR count). The lowest BCUT2D eigenvalue weighted by Gasteiger charge is -2.08. The number of pyridine rings is 1. The minimum atomic E-state index is -0.260. The summed E-state index contributed by atoms with van der Waals surface area (Å²) in [4.78, 5) is 27.8. The first-order chi connectivity index (χ1) is 11.1. The van der Waals surface area contributed by atoms with Crippen molar-refractivity contribution in [2.75, 3.05) is 11.9 Å². The molecule has 0 radical (unpaired) electrons. The summed E-state index contributed by atoms with van der Waals surface area (Å²) in [7, 11) is 0. The second-order valence-electron chi connectivity index (χ2n) is 5.73. The van der Waals surface area contributed by atoms with E-state index in [0.29, 0.717) is 35.2 Å². The van der Waals surface area contributed by atoms with Crippen LogP contribution in [0.5, 0.6) is 5.88 Å². The molecule has 0 bridgehead atoms. The molecule has 2 aromatic rings. The Morgan fingerprint density at radius 3 is 2.78 bits per heavy atom. The second kappa shape index (κ2) is 6.60. The molecule has 0 atom stereocenters. The summed E-state index contributed by atoms with van der Waals surface area (Å²) in [5.74, 6) is 0.788. The summed E-state index contributed by atoms with van der Waals surface area (Å²) in [6.45, 7) is 2.14. The van der Waals surface area contributed by atoms with Crippen molar-refractivity contribution < 1.29 is 14.3 Å². The quantitative estimate of drug-likeness (QED) is 0.831. The first-order valence-electron chi connectivity index (χ1n) is 7.63. The number of ether oxygens (including phenoxy) is 1. The van der Waals surface area contributed by atoms with Crippen molar-refractivity contribution in [1.82, 2.24) is 4.98 Å². The molecule has 0 spiro atoms. The van der Waals surface area contributed by atoms with Crippen molar-refractivity contribution in [2.45, 2.75) is 19.8 Å². The molecular weight excluding hydrogens is 292 g/mol. The smallest absolute Gasteiger partial charge is 0.255 e. The van der Waals surface area contributed by atoms with E-state index in [1.807, 2.05) is 0 Å². The number of nitrogens with one attached hydrogen (secondary N) is 1. The Balaban J connectivity index is 1.68. The number of rotatable bonds is 6. The molecule has 1 N–H and O–H groups in total. The number of Topliss-reactive ketones (excluding diaryl/α,β-unsaturated/α-hetero) is 1. The molecule has 23 heavy (non-hydrogen) atoms. The average Bonchev–Trinajstić information content (AvgIpc) is 3.38. The molecule has 1 aromatic carbocycles. The fraction of sp³-hybridized carbons (Fsp3) is 0.278. The number of carbonyl (C=O) groups is 2. The summed E-state index contributed by atoms with van der Waals surface area (Å²) in [6, 6.07) is 10.1. The van der Waals surface area contributed by atoms with Crippen molar-refractivity contribution in [3.05, 3.63) is 53.7 Å². The number of anilines is 1. The van der Waals surface area contributed by atoms with Crippen molar-refractivity contribution in [1.29, 1.82) is 0 Å². The lowest BCUT2D eigenvalue weighted by Crippen LogP contribution is -2.13. The van der Waals surface area contributed by atoms with Crippen molar-refractivity contribution >= 4 is 17.4 Å². The van der Waals surface area contributed by atoms with Gasteiger partial charge in [-0.15, -0.1) is 0 Å². The number of ketones is 1. The van der Waals surface area contributed by atoms with Crippen molar-refractivity contribution in [3.8, 4) is 5.88 Å². The van der Waals surface area contributed by atoms with Crippen LogP contribution in [0.3, 0.4) is 0 Å². The SMILES string of the molecule is CC(=O)c1cccc(NC(=O)c2ccnc(OCC3CC3)c2)c1. The van der Waals surface area contributed by atoms with E-state index < -0.39 is 0 Å². The Morgan fingerprint density at radius 1 is 1.22 bits per heavy atom. The molecule has 5 heteroatoms. The third kappa shape index (κ3) is 4.16. The van der Waals surface area contributed by atoms with Gasteiger partial charge in [-0.05, 0) is 43.9 Å². The van der Waals surface area contributed by atoms with Gasteiger partial charge < -0.3 is 10.1 Å². The Labute approximate surface area is 134 Å². The van der Waals surface area contributed by atoms with Crippen LogP contribution in [0, 0.1) is 5.92 Å². The normalized spacial score (nSPS) is 13.4. The van der Waals surface area contributed by atoms with Gasteiger partial charge in [0, 0.05) is 29.1 Å². The zero-order chi connectivity index (χ0) is 16.2. The van der Waals surface area contributed by atoms with Crippen LogP contribution < -0.4 is 10.1 Å². The zero-order valence-electron chi connectivity index (χ0n) is 12.9. The first-order valence-corrected chi connectivity index (χ1v) is 7.63. The molecule has 5 nitrogen and oxygen atoms in total. The minimum Gasteiger partial charge on any atom is -0.477 e. The van der Waals surface area contributed by atoms with E-state index in [4.69, 9.17) is 4.74 Å². The number of benzene rings is 1. The largest absolute Gasteiger partial charge is 0.477 e. The molecule has 0 saturated heterocycles. The molecule has 0 aliphatic heterocycles. The summed E-state index contributed by atoms with van der Waals surface area (Å²) >= 11 is 0. The molecule has 1 heterocycles. The van der Waals surface area contributed by atoms with Crippen LogP contribution in [0.15, 0.2) is 42.6 Å². The van der Waals surface area contributed by atoms with Crippen LogP contribution in [0.4, 0.5) is 5.69 Å². The maximum atomic E-state index is 12.3. The number of amides is 1. The molecule has 0 unspecified atom stereocenters. The van der Waals surface area contributed by atoms with E-state index in [1.165, 1.54) is 19.8 Å². The monoisotopic (exact) mass is 310 g/mol. The maximum Gasteiger partial charge on any atom is 0.255 e. The van der Waals surface area contributed by atoms with Gasteiger partial charge in [0.25, 0.3) is 5.91 Å². The first kappa shape index (κ1) is 15.2. The third-order valence-electron chi connectivity index (χ3n) is 3.69. The van der Waals surface area contributed by atoms with Gasteiger partial charge in [-0.1, -0.05) is 12.1 Å². The van der Waals surface area contributed by atoms with Crippen molar-refractivity contribution in [2.24, 2.45) is 5.92 Å². The number of hydrogen-bond acceptors (Lipinski definition) is 4. The van der Waals surface area contributed by atoms with E-state index in [9.17, 15) is 9.59 Å². The molecule has 118 valence electrons. The van der Waals surface area contributed by atoms with Gasteiger partial charge in [0.2, 0.25) is 5.88 Å². The van der Waals surface area contributed by atoms with Gasteiger partial charge >= 0.3 is 0 Å². The Kier molecular flexibility index (Phi) is 4.37.